The van der Waals surface area contributed by atoms with Gasteiger partial charge >= 0.3 is 5.97 Å². The molecule has 3 N–H and O–H groups in total. The van der Waals surface area contributed by atoms with Crippen molar-refractivity contribution in [2.75, 3.05) is 38.0 Å². The highest BCUT2D eigenvalue weighted by Gasteiger charge is 2.30. The lowest BCUT2D eigenvalue weighted by molar-refractivity contribution is -0.138. The number of nitrogens with one attached hydrogen (secondary N) is 2. The molecule has 0 bridgehead atoms. The van der Waals surface area contributed by atoms with E-state index in [2.05, 4.69) is 34.6 Å². The first-order valence-corrected chi connectivity index (χ1v) is 13.9. The zero-order valence-electron chi connectivity index (χ0n) is 22.2. The molecule has 1 fully saturated rings. The predicted octanol–water partition coefficient (Wildman–Crippen LogP) is 4.47. The van der Waals surface area contributed by atoms with Crippen LogP contribution in [0.25, 0.3) is 10.8 Å². The number of carbonyl (C=O) groups excluding carboxylic acids is 1. The van der Waals surface area contributed by atoms with Crippen LogP contribution in [0, 0.1) is 11.8 Å². The molecule has 0 spiro atoms. The van der Waals surface area contributed by atoms with E-state index in [1.54, 1.807) is 0 Å². The van der Waals surface area contributed by atoms with E-state index in [0.29, 0.717) is 18.0 Å². The molecule has 0 aliphatic carbocycles. The number of hydrogen-bond donors (Lipinski definition) is 3. The van der Waals surface area contributed by atoms with Gasteiger partial charge in [0.05, 0.1) is 11.8 Å². The number of hydrogen-bond acceptors (Lipinski definition) is 5. The molecule has 0 unspecified atom stereocenters. The standard InChI is InChI=1S/C31H38N4O3/c1-21-16-26(20-35(19-21)15-5-9-27-13-12-23-8-4-14-32-29(23)34-27)30(36)33-18-28(31(37)38)25-11-10-22-6-2-3-7-24(22)17-25/h2-3,6-7,10-13,17,21,26,28H,4-5,8-9,14-16,18-20H2,1H3,(H,32,34)(H,33,36)(H,37,38)/t21-,26+,28+/m0/s1. The molecule has 38 heavy (non-hydrogen) atoms. The average Bonchev–Trinajstić information content (AvgIpc) is 2.92. The molecule has 200 valence electrons. The summed E-state index contributed by atoms with van der Waals surface area (Å²) in [5, 5.41) is 18.3. The van der Waals surface area contributed by atoms with Crippen molar-refractivity contribution < 1.29 is 14.7 Å². The van der Waals surface area contributed by atoms with Gasteiger partial charge in [0.15, 0.2) is 0 Å². The minimum atomic E-state index is -0.926. The monoisotopic (exact) mass is 514 g/mol. The molecule has 2 aliphatic heterocycles. The Kier molecular flexibility index (Phi) is 8.23. The molecule has 3 atom stereocenters. The number of nitrogens with zero attached hydrogens (tertiary/aromatic N) is 2. The van der Waals surface area contributed by atoms with Crippen molar-refractivity contribution >= 4 is 28.5 Å². The second-order valence-corrected chi connectivity index (χ2v) is 11.0. The summed E-state index contributed by atoms with van der Waals surface area (Å²) in [6, 6.07) is 18.0. The van der Waals surface area contributed by atoms with E-state index in [1.807, 2.05) is 42.5 Å². The summed E-state index contributed by atoms with van der Waals surface area (Å²) in [7, 11) is 0. The number of carboxylic acids is 1. The number of carboxylic acid groups (broad SMARTS) is 1. The van der Waals surface area contributed by atoms with Gasteiger partial charge < -0.3 is 20.6 Å². The van der Waals surface area contributed by atoms with Gasteiger partial charge in [-0.3, -0.25) is 9.59 Å². The zero-order chi connectivity index (χ0) is 26.5. The summed E-state index contributed by atoms with van der Waals surface area (Å²) in [6.07, 6.45) is 5.00. The first kappa shape index (κ1) is 26.2. The van der Waals surface area contributed by atoms with Crippen molar-refractivity contribution in [3.8, 4) is 0 Å². The number of piperidine rings is 1. The highest BCUT2D eigenvalue weighted by molar-refractivity contribution is 5.86. The SMILES string of the molecule is C[C@H]1C[C@@H](C(=O)NC[C@@H](C(=O)O)c2ccc3ccccc3c2)CN(CCCc2ccc3c(n2)NCCC3)C1. The Hall–Kier alpha value is -3.45. The molecule has 3 aromatic rings. The van der Waals surface area contributed by atoms with Crippen molar-refractivity contribution in [3.63, 3.8) is 0 Å². The fraction of sp³-hybridized carbons (Fsp3) is 0.452. The number of carbonyl (C=O) groups is 2. The van der Waals surface area contributed by atoms with Gasteiger partial charge in [-0.15, -0.1) is 0 Å². The Labute approximate surface area is 224 Å². The molecule has 7 nitrogen and oxygen atoms in total. The summed E-state index contributed by atoms with van der Waals surface area (Å²) >= 11 is 0. The Morgan fingerprint density at radius 2 is 1.97 bits per heavy atom. The van der Waals surface area contributed by atoms with Crippen LogP contribution >= 0.6 is 0 Å². The summed E-state index contributed by atoms with van der Waals surface area (Å²) in [5.74, 6) is -0.418. The molecule has 1 aromatic heterocycles. The van der Waals surface area contributed by atoms with Crippen LogP contribution in [0.4, 0.5) is 5.82 Å². The smallest absolute Gasteiger partial charge is 0.312 e. The van der Waals surface area contributed by atoms with Crippen LogP contribution in [0.2, 0.25) is 0 Å². The number of benzene rings is 2. The van der Waals surface area contributed by atoms with E-state index in [4.69, 9.17) is 4.98 Å². The molecule has 0 saturated carbocycles. The molecule has 0 radical (unpaired) electrons. The minimum Gasteiger partial charge on any atom is -0.481 e. The van der Waals surface area contributed by atoms with Gasteiger partial charge in [-0.1, -0.05) is 55.5 Å². The zero-order valence-corrected chi connectivity index (χ0v) is 22.2. The van der Waals surface area contributed by atoms with E-state index in [1.165, 1.54) is 5.56 Å². The van der Waals surface area contributed by atoms with Crippen LogP contribution in [0.5, 0.6) is 0 Å². The van der Waals surface area contributed by atoms with Crippen molar-refractivity contribution in [2.45, 2.75) is 44.9 Å². The summed E-state index contributed by atoms with van der Waals surface area (Å²) in [6.45, 7) is 5.90. The Morgan fingerprint density at radius 3 is 2.82 bits per heavy atom. The Bertz CT molecular complexity index is 1290. The van der Waals surface area contributed by atoms with Gasteiger partial charge in [0.1, 0.15) is 5.82 Å². The Morgan fingerprint density at radius 1 is 1.13 bits per heavy atom. The summed E-state index contributed by atoms with van der Waals surface area (Å²) in [5.41, 5.74) is 3.14. The van der Waals surface area contributed by atoms with Crippen LogP contribution in [-0.4, -0.2) is 59.6 Å². The number of aryl methyl sites for hydroxylation is 2. The van der Waals surface area contributed by atoms with E-state index >= 15 is 0 Å². The number of aliphatic carboxylic acids is 1. The molecule has 3 heterocycles. The molecule has 5 rings (SSSR count). The first-order valence-electron chi connectivity index (χ1n) is 13.9. The highest BCUT2D eigenvalue weighted by atomic mass is 16.4. The third kappa shape index (κ3) is 6.33. The normalized spacial score (nSPS) is 20.3. The van der Waals surface area contributed by atoms with Crippen LogP contribution < -0.4 is 10.6 Å². The van der Waals surface area contributed by atoms with Gasteiger partial charge in [-0.25, -0.2) is 4.98 Å². The molecule has 1 saturated heterocycles. The van der Waals surface area contributed by atoms with Crippen LogP contribution in [0.15, 0.2) is 54.6 Å². The van der Waals surface area contributed by atoms with E-state index in [0.717, 1.165) is 74.0 Å². The lowest BCUT2D eigenvalue weighted by atomic mass is 9.89. The van der Waals surface area contributed by atoms with Gasteiger partial charge in [0, 0.05) is 31.9 Å². The van der Waals surface area contributed by atoms with E-state index < -0.39 is 11.9 Å². The number of amides is 1. The largest absolute Gasteiger partial charge is 0.481 e. The fourth-order valence-corrected chi connectivity index (χ4v) is 5.95. The predicted molar refractivity (Wildman–Crippen MR) is 150 cm³/mol. The van der Waals surface area contributed by atoms with Crippen molar-refractivity contribution in [3.05, 3.63) is 71.4 Å². The van der Waals surface area contributed by atoms with Crippen LogP contribution in [0.1, 0.15) is 48.9 Å². The number of fused-ring (bicyclic) bond motifs is 2. The maximum atomic E-state index is 13.1. The third-order valence-corrected chi connectivity index (χ3v) is 7.92. The van der Waals surface area contributed by atoms with Gasteiger partial charge in [0.25, 0.3) is 0 Å². The van der Waals surface area contributed by atoms with Gasteiger partial charge in [-0.05, 0) is 72.5 Å². The second kappa shape index (κ2) is 11.9. The van der Waals surface area contributed by atoms with Crippen molar-refractivity contribution in [1.29, 1.82) is 0 Å². The molecule has 2 aliphatic rings. The molecule has 7 heteroatoms. The summed E-state index contributed by atoms with van der Waals surface area (Å²) < 4.78 is 0. The third-order valence-electron chi connectivity index (χ3n) is 7.92. The second-order valence-electron chi connectivity index (χ2n) is 11.0. The first-order chi connectivity index (χ1) is 18.5. The van der Waals surface area contributed by atoms with Gasteiger partial charge in [0.2, 0.25) is 5.91 Å². The molecule has 2 aromatic carbocycles. The number of rotatable bonds is 9. The van der Waals surface area contributed by atoms with Crippen molar-refractivity contribution in [1.82, 2.24) is 15.2 Å². The topological polar surface area (TPSA) is 94.6 Å². The Balaban J connectivity index is 1.14. The maximum Gasteiger partial charge on any atom is 0.312 e. The quantitative estimate of drug-likeness (QED) is 0.390. The van der Waals surface area contributed by atoms with Gasteiger partial charge in [-0.2, -0.15) is 0 Å². The minimum absolute atomic E-state index is 0.0454. The van der Waals surface area contributed by atoms with E-state index in [-0.39, 0.29) is 18.4 Å². The number of likely N-dealkylation sites (tertiary alicyclic amines) is 1. The maximum absolute atomic E-state index is 13.1. The lowest BCUT2D eigenvalue weighted by Gasteiger charge is -2.36. The van der Waals surface area contributed by atoms with Crippen LogP contribution in [-0.2, 0) is 22.4 Å². The summed E-state index contributed by atoms with van der Waals surface area (Å²) in [4.78, 5) is 32.4. The molecular formula is C31H38N4O3. The van der Waals surface area contributed by atoms with Crippen LogP contribution in [0.3, 0.4) is 0 Å². The number of anilines is 1. The highest BCUT2D eigenvalue weighted by Crippen LogP contribution is 2.25. The fourth-order valence-electron chi connectivity index (χ4n) is 5.95. The average molecular weight is 515 g/mol. The van der Waals surface area contributed by atoms with E-state index in [9.17, 15) is 14.7 Å². The molecular weight excluding hydrogens is 476 g/mol. The lowest BCUT2D eigenvalue weighted by Crippen LogP contribution is -2.47. The molecule has 1 amide bonds. The number of pyridine rings is 1. The number of aromatic nitrogens is 1. The van der Waals surface area contributed by atoms with Crippen molar-refractivity contribution in [2.24, 2.45) is 11.8 Å².